The second-order valence-electron chi connectivity index (χ2n) is 6.76. The number of fused-ring (bicyclic) bond motifs is 1. The van der Waals surface area contributed by atoms with Crippen LogP contribution in [0.4, 0.5) is 5.00 Å². The highest BCUT2D eigenvalue weighted by molar-refractivity contribution is 7.73. The number of carbonyl (C=O) groups excluding carboxylic acids is 1. The third-order valence-electron chi connectivity index (χ3n) is 4.88. The Morgan fingerprint density at radius 1 is 1.32 bits per heavy atom. The normalized spacial score (nSPS) is 16.0. The molecule has 0 radical (unpaired) electrons. The zero-order valence-corrected chi connectivity index (χ0v) is 16.2. The van der Waals surface area contributed by atoms with Gasteiger partial charge in [-0.05, 0) is 73.4 Å². The molecule has 3 rings (SSSR count). The van der Waals surface area contributed by atoms with Crippen LogP contribution in [0.1, 0.15) is 51.5 Å². The third-order valence-corrected chi connectivity index (χ3v) is 6.32. The van der Waals surface area contributed by atoms with Gasteiger partial charge in [-0.3, -0.25) is 4.79 Å². The van der Waals surface area contributed by atoms with Gasteiger partial charge in [0.1, 0.15) is 11.1 Å². The van der Waals surface area contributed by atoms with Crippen LogP contribution in [0.2, 0.25) is 0 Å². The Kier molecular flexibility index (Phi) is 5.03. The fourth-order valence-electron chi connectivity index (χ4n) is 3.20. The first-order valence-corrected chi connectivity index (χ1v) is 9.60. The van der Waals surface area contributed by atoms with Gasteiger partial charge in [-0.15, -0.1) is 11.3 Å². The van der Waals surface area contributed by atoms with Crippen molar-refractivity contribution in [3.05, 3.63) is 55.4 Å². The zero-order chi connectivity index (χ0) is 18.1. The Bertz CT molecular complexity index is 953. The predicted octanol–water partition coefficient (Wildman–Crippen LogP) is 5.34. The fraction of sp³-hybridized carbons (Fsp3) is 0.350. The first-order valence-electron chi connectivity index (χ1n) is 8.38. The van der Waals surface area contributed by atoms with Crippen LogP contribution in [0.5, 0.6) is 0 Å². The lowest BCUT2D eigenvalue weighted by Crippen LogP contribution is -2.17. The van der Waals surface area contributed by atoms with E-state index in [-0.39, 0.29) is 5.91 Å². The molecule has 1 aromatic carbocycles. The lowest BCUT2D eigenvalue weighted by atomic mass is 9.85. The van der Waals surface area contributed by atoms with Crippen LogP contribution in [0.15, 0.2) is 18.2 Å². The van der Waals surface area contributed by atoms with Gasteiger partial charge >= 0.3 is 0 Å². The van der Waals surface area contributed by atoms with E-state index in [1.807, 2.05) is 32.0 Å². The second-order valence-corrected chi connectivity index (χ2v) is 8.45. The maximum Gasteiger partial charge on any atom is 0.256 e. The fourth-order valence-corrected chi connectivity index (χ4v) is 4.59. The number of aryl methyl sites for hydroxylation is 2. The molecule has 1 atom stereocenters. The van der Waals surface area contributed by atoms with Crippen molar-refractivity contribution in [2.45, 2.75) is 40.0 Å². The molecule has 2 aromatic rings. The summed E-state index contributed by atoms with van der Waals surface area (Å²) in [6, 6.07) is 7.91. The first kappa shape index (κ1) is 17.8. The smallest absolute Gasteiger partial charge is 0.256 e. The van der Waals surface area contributed by atoms with Gasteiger partial charge in [0.15, 0.2) is 0 Å². The molecule has 3 nitrogen and oxygen atoms in total. The summed E-state index contributed by atoms with van der Waals surface area (Å²) < 4.78 is 0.788. The van der Waals surface area contributed by atoms with Gasteiger partial charge in [-0.25, -0.2) is 0 Å². The number of anilines is 1. The minimum Gasteiger partial charge on any atom is -0.312 e. The second kappa shape index (κ2) is 7.07. The minimum absolute atomic E-state index is 0.200. The van der Waals surface area contributed by atoms with Crippen LogP contribution in [0.3, 0.4) is 0 Å². The number of hydrogen-bond acceptors (Lipinski definition) is 4. The molecule has 1 aliphatic rings. The van der Waals surface area contributed by atoms with E-state index in [2.05, 4.69) is 18.3 Å². The number of rotatable bonds is 2. The summed E-state index contributed by atoms with van der Waals surface area (Å²) in [6.07, 6.45) is 2.82. The maximum absolute atomic E-state index is 12.6. The Balaban J connectivity index is 1.99. The van der Waals surface area contributed by atoms with Crippen LogP contribution in [-0.2, 0) is 12.8 Å². The zero-order valence-electron chi connectivity index (χ0n) is 14.6. The van der Waals surface area contributed by atoms with Crippen molar-refractivity contribution < 1.29 is 4.79 Å². The van der Waals surface area contributed by atoms with Crippen LogP contribution in [0, 0.1) is 34.9 Å². The molecular weight excluding hydrogens is 348 g/mol. The molecular formula is C20H20N2OS2. The topological polar surface area (TPSA) is 52.9 Å². The molecule has 0 bridgehead atoms. The molecule has 1 unspecified atom stereocenters. The van der Waals surface area contributed by atoms with Gasteiger partial charge in [-0.2, -0.15) is 5.26 Å². The van der Waals surface area contributed by atoms with Crippen LogP contribution in [0.25, 0.3) is 0 Å². The molecule has 0 spiro atoms. The average Bonchev–Trinajstić information content (AvgIpc) is 2.58. The van der Waals surface area contributed by atoms with Crippen molar-refractivity contribution in [3.8, 4) is 6.07 Å². The number of amides is 1. The monoisotopic (exact) mass is 368 g/mol. The van der Waals surface area contributed by atoms with Crippen molar-refractivity contribution in [3.63, 3.8) is 0 Å². The number of carbonyl (C=O) groups is 1. The largest absolute Gasteiger partial charge is 0.312 e. The SMILES string of the molecule is Cc1ccc(C(=O)Nc2sc(=S)c3c(c2C#N)CCC(C)C3)cc1C. The Morgan fingerprint density at radius 3 is 2.76 bits per heavy atom. The van der Waals surface area contributed by atoms with Crippen LogP contribution >= 0.6 is 23.6 Å². The number of hydrogen-bond donors (Lipinski definition) is 1. The van der Waals surface area contributed by atoms with Gasteiger partial charge < -0.3 is 5.32 Å². The quantitative estimate of drug-likeness (QED) is 0.728. The summed E-state index contributed by atoms with van der Waals surface area (Å²) >= 11 is 6.89. The van der Waals surface area contributed by atoms with Gasteiger partial charge in [0.25, 0.3) is 5.91 Å². The molecule has 0 fully saturated rings. The predicted molar refractivity (Wildman–Crippen MR) is 105 cm³/mol. The summed E-state index contributed by atoms with van der Waals surface area (Å²) in [7, 11) is 0. The molecule has 0 saturated heterocycles. The minimum atomic E-state index is -0.200. The summed E-state index contributed by atoms with van der Waals surface area (Å²) in [6.45, 7) is 6.21. The van der Waals surface area contributed by atoms with E-state index in [1.165, 1.54) is 11.3 Å². The number of benzene rings is 1. The average molecular weight is 369 g/mol. The third kappa shape index (κ3) is 3.51. The molecule has 1 aromatic heterocycles. The highest BCUT2D eigenvalue weighted by Gasteiger charge is 2.23. The molecule has 0 aliphatic heterocycles. The van der Waals surface area contributed by atoms with Crippen molar-refractivity contribution in [1.29, 1.82) is 5.26 Å². The number of nitrogens with zero attached hydrogens (tertiary/aromatic N) is 1. The molecule has 0 saturated carbocycles. The molecule has 1 heterocycles. The summed E-state index contributed by atoms with van der Waals surface area (Å²) in [4.78, 5) is 12.6. The summed E-state index contributed by atoms with van der Waals surface area (Å²) in [5.74, 6) is 0.387. The van der Waals surface area contributed by atoms with Crippen molar-refractivity contribution in [2.75, 3.05) is 5.32 Å². The van der Waals surface area contributed by atoms with E-state index in [0.29, 0.717) is 22.0 Å². The van der Waals surface area contributed by atoms with E-state index in [1.54, 1.807) is 0 Å². The van der Waals surface area contributed by atoms with Crippen LogP contribution < -0.4 is 5.32 Å². The lowest BCUT2D eigenvalue weighted by Gasteiger charge is -2.23. The first-order chi connectivity index (χ1) is 11.9. The van der Waals surface area contributed by atoms with Gasteiger partial charge in [0.2, 0.25) is 0 Å². The molecule has 128 valence electrons. The Hall–Kier alpha value is -2.03. The van der Waals surface area contributed by atoms with Gasteiger partial charge in [0, 0.05) is 5.56 Å². The summed E-state index contributed by atoms with van der Waals surface area (Å²) in [5, 5.41) is 13.2. The van der Waals surface area contributed by atoms with Gasteiger partial charge in [0.05, 0.1) is 9.39 Å². The molecule has 5 heteroatoms. The molecule has 1 N–H and O–H groups in total. The Morgan fingerprint density at radius 2 is 2.08 bits per heavy atom. The number of nitriles is 1. The highest BCUT2D eigenvalue weighted by Crippen LogP contribution is 2.36. The van der Waals surface area contributed by atoms with Crippen molar-refractivity contribution in [2.24, 2.45) is 5.92 Å². The van der Waals surface area contributed by atoms with E-state index in [0.717, 1.165) is 45.3 Å². The van der Waals surface area contributed by atoms with E-state index >= 15 is 0 Å². The molecule has 1 aliphatic carbocycles. The highest BCUT2D eigenvalue weighted by atomic mass is 32.1. The van der Waals surface area contributed by atoms with E-state index < -0.39 is 0 Å². The van der Waals surface area contributed by atoms with E-state index in [9.17, 15) is 10.1 Å². The van der Waals surface area contributed by atoms with Crippen molar-refractivity contribution >= 4 is 34.5 Å². The lowest BCUT2D eigenvalue weighted by molar-refractivity contribution is 0.102. The summed E-state index contributed by atoms with van der Waals surface area (Å²) in [5.41, 5.74) is 5.54. The van der Waals surface area contributed by atoms with Gasteiger partial charge in [-0.1, -0.05) is 25.2 Å². The molecule has 25 heavy (non-hydrogen) atoms. The standard InChI is InChI=1S/C20H20N2OS2/c1-11-4-7-15-16(8-11)20(24)25-19(17(15)10-21)22-18(23)14-6-5-12(2)13(3)9-14/h5-6,9,11H,4,7-8H2,1-3H3,(H,22,23). The van der Waals surface area contributed by atoms with Crippen LogP contribution in [-0.4, -0.2) is 5.91 Å². The Labute approximate surface area is 157 Å². The number of nitrogens with one attached hydrogen (secondary N) is 1. The molecule has 1 amide bonds. The van der Waals surface area contributed by atoms with Crippen molar-refractivity contribution in [1.82, 2.24) is 0 Å². The maximum atomic E-state index is 12.6. The van der Waals surface area contributed by atoms with E-state index in [4.69, 9.17) is 12.2 Å².